The topological polar surface area (TPSA) is 111 Å². The molecule has 8 nitrogen and oxygen atoms in total. The van der Waals surface area contributed by atoms with E-state index >= 15 is 0 Å². The number of carbonyl (C=O) groups is 2. The van der Waals surface area contributed by atoms with Crippen molar-refractivity contribution in [1.29, 1.82) is 0 Å². The lowest BCUT2D eigenvalue weighted by atomic mass is 9.98. The van der Waals surface area contributed by atoms with E-state index in [4.69, 9.17) is 9.47 Å². The molecule has 0 saturated heterocycles. The van der Waals surface area contributed by atoms with Crippen LogP contribution in [-0.2, 0) is 11.2 Å². The second-order valence-electron chi connectivity index (χ2n) is 7.83. The molecule has 1 amide bonds. The standard InChI is InChI=1S/C23H23N3O5S/c1-13(2)20(22(28)29)26-21(27)19-12-25-23(32-19)30-16-6-8-17-14(10-16)5-7-18(31-17)15-4-3-9-24-11-15/h3-4,6,8-13,18,20H,5,7H2,1-2H3,(H,26,27)(H,28,29)/t18-,20?/m0/s1. The number of aliphatic carboxylic acids is 1. The van der Waals surface area contributed by atoms with Crippen LogP contribution in [0.2, 0.25) is 0 Å². The van der Waals surface area contributed by atoms with Crippen molar-refractivity contribution in [2.75, 3.05) is 0 Å². The Balaban J connectivity index is 1.41. The summed E-state index contributed by atoms with van der Waals surface area (Å²) in [7, 11) is 0. The molecule has 166 valence electrons. The Labute approximate surface area is 189 Å². The summed E-state index contributed by atoms with van der Waals surface area (Å²) in [6.07, 6.45) is 6.60. The molecule has 0 aliphatic carbocycles. The normalized spacial score (nSPS) is 16.0. The van der Waals surface area contributed by atoms with Crippen molar-refractivity contribution in [2.45, 2.75) is 38.8 Å². The van der Waals surface area contributed by atoms with Gasteiger partial charge in [0.1, 0.15) is 28.5 Å². The minimum atomic E-state index is -1.07. The fraction of sp³-hybridized carbons (Fsp3) is 0.304. The zero-order chi connectivity index (χ0) is 22.7. The van der Waals surface area contributed by atoms with E-state index in [9.17, 15) is 14.7 Å². The lowest BCUT2D eigenvalue weighted by Gasteiger charge is -2.26. The summed E-state index contributed by atoms with van der Waals surface area (Å²) in [5.74, 6) is -0.394. The summed E-state index contributed by atoms with van der Waals surface area (Å²) in [5.41, 5.74) is 2.09. The second-order valence-corrected chi connectivity index (χ2v) is 8.82. The van der Waals surface area contributed by atoms with Crippen molar-refractivity contribution in [2.24, 2.45) is 5.92 Å². The maximum Gasteiger partial charge on any atom is 0.326 e. The number of benzene rings is 1. The van der Waals surface area contributed by atoms with Gasteiger partial charge in [-0.1, -0.05) is 31.3 Å². The molecule has 4 rings (SSSR count). The van der Waals surface area contributed by atoms with Gasteiger partial charge in [0.05, 0.1) is 6.20 Å². The second kappa shape index (κ2) is 9.35. The number of hydrogen-bond acceptors (Lipinski definition) is 7. The molecule has 2 N–H and O–H groups in total. The van der Waals surface area contributed by atoms with E-state index in [1.807, 2.05) is 30.5 Å². The van der Waals surface area contributed by atoms with E-state index in [2.05, 4.69) is 15.3 Å². The summed E-state index contributed by atoms with van der Waals surface area (Å²) in [5, 5.41) is 12.1. The molecule has 2 aromatic heterocycles. The van der Waals surface area contributed by atoms with Gasteiger partial charge in [0.15, 0.2) is 0 Å². The van der Waals surface area contributed by atoms with Crippen LogP contribution in [0.3, 0.4) is 0 Å². The van der Waals surface area contributed by atoms with Gasteiger partial charge < -0.3 is 19.9 Å². The largest absolute Gasteiger partial charge is 0.485 e. The Morgan fingerprint density at radius 1 is 1.28 bits per heavy atom. The lowest BCUT2D eigenvalue weighted by molar-refractivity contribution is -0.140. The van der Waals surface area contributed by atoms with Crippen molar-refractivity contribution in [3.05, 3.63) is 64.9 Å². The van der Waals surface area contributed by atoms with Gasteiger partial charge in [-0.15, -0.1) is 0 Å². The molecular formula is C23H23N3O5S. The number of amides is 1. The first-order valence-corrected chi connectivity index (χ1v) is 11.1. The van der Waals surface area contributed by atoms with Crippen LogP contribution < -0.4 is 14.8 Å². The molecule has 0 saturated carbocycles. The Morgan fingerprint density at radius 2 is 2.12 bits per heavy atom. The first-order chi connectivity index (χ1) is 15.4. The first-order valence-electron chi connectivity index (χ1n) is 10.3. The van der Waals surface area contributed by atoms with Gasteiger partial charge in [0.2, 0.25) is 0 Å². The Kier molecular flexibility index (Phi) is 6.36. The van der Waals surface area contributed by atoms with Crippen molar-refractivity contribution in [1.82, 2.24) is 15.3 Å². The molecule has 0 fully saturated rings. The average molecular weight is 454 g/mol. The van der Waals surface area contributed by atoms with Crippen LogP contribution >= 0.6 is 11.3 Å². The molecule has 0 bridgehead atoms. The van der Waals surface area contributed by atoms with Gasteiger partial charge in [0, 0.05) is 18.0 Å². The smallest absolute Gasteiger partial charge is 0.326 e. The molecular weight excluding hydrogens is 430 g/mol. The van der Waals surface area contributed by atoms with Crippen molar-refractivity contribution >= 4 is 23.2 Å². The van der Waals surface area contributed by atoms with E-state index in [0.717, 1.165) is 41.1 Å². The first kappa shape index (κ1) is 21.8. The molecule has 1 unspecified atom stereocenters. The minimum Gasteiger partial charge on any atom is -0.485 e. The van der Waals surface area contributed by atoms with Crippen LogP contribution in [0.15, 0.2) is 48.9 Å². The highest BCUT2D eigenvalue weighted by atomic mass is 32.1. The van der Waals surface area contributed by atoms with E-state index in [0.29, 0.717) is 10.9 Å². The lowest BCUT2D eigenvalue weighted by Crippen LogP contribution is -2.44. The maximum atomic E-state index is 12.4. The third-order valence-electron chi connectivity index (χ3n) is 5.17. The summed E-state index contributed by atoms with van der Waals surface area (Å²) in [4.78, 5) is 32.3. The highest BCUT2D eigenvalue weighted by Crippen LogP contribution is 2.37. The number of carbonyl (C=O) groups excluding carboxylic acids is 1. The van der Waals surface area contributed by atoms with E-state index in [1.54, 1.807) is 26.1 Å². The maximum absolute atomic E-state index is 12.4. The predicted molar refractivity (Wildman–Crippen MR) is 118 cm³/mol. The fourth-order valence-corrected chi connectivity index (χ4v) is 4.16. The number of aromatic nitrogens is 2. The van der Waals surface area contributed by atoms with Crippen molar-refractivity contribution in [3.63, 3.8) is 0 Å². The van der Waals surface area contributed by atoms with Crippen molar-refractivity contribution < 1.29 is 24.2 Å². The van der Waals surface area contributed by atoms with Crippen LogP contribution in [0, 0.1) is 5.92 Å². The number of thiazole rings is 1. The minimum absolute atomic E-state index is 0.0246. The SMILES string of the molecule is CC(C)C(NC(=O)c1cnc(Oc2ccc3c(c2)CC[C@@H](c2cccnc2)O3)s1)C(=O)O. The fourth-order valence-electron chi connectivity index (χ4n) is 3.47. The molecule has 1 aliphatic heterocycles. The number of carboxylic acid groups (broad SMARTS) is 1. The van der Waals surface area contributed by atoms with E-state index in [1.165, 1.54) is 6.20 Å². The van der Waals surface area contributed by atoms with Gasteiger partial charge in [0.25, 0.3) is 11.1 Å². The zero-order valence-corrected chi connectivity index (χ0v) is 18.5. The van der Waals surface area contributed by atoms with Gasteiger partial charge in [-0.2, -0.15) is 0 Å². The van der Waals surface area contributed by atoms with Gasteiger partial charge in [-0.25, -0.2) is 9.78 Å². The third-order valence-corrected chi connectivity index (χ3v) is 6.04. The van der Waals surface area contributed by atoms with Crippen molar-refractivity contribution in [3.8, 4) is 16.7 Å². The monoisotopic (exact) mass is 453 g/mol. The third kappa shape index (κ3) is 4.88. The highest BCUT2D eigenvalue weighted by molar-refractivity contribution is 7.15. The van der Waals surface area contributed by atoms with Crippen LogP contribution in [0.5, 0.6) is 16.7 Å². The molecule has 3 aromatic rings. The Morgan fingerprint density at radius 3 is 2.84 bits per heavy atom. The average Bonchev–Trinajstić information content (AvgIpc) is 3.25. The highest BCUT2D eigenvalue weighted by Gasteiger charge is 2.25. The van der Waals surface area contributed by atoms with Gasteiger partial charge in [-0.3, -0.25) is 9.78 Å². The van der Waals surface area contributed by atoms with E-state index < -0.39 is 17.9 Å². The molecule has 2 atom stereocenters. The summed E-state index contributed by atoms with van der Waals surface area (Å²) >= 11 is 1.06. The number of carboxylic acids is 1. The number of hydrogen-bond donors (Lipinski definition) is 2. The summed E-state index contributed by atoms with van der Waals surface area (Å²) < 4.78 is 12.0. The molecule has 1 aromatic carbocycles. The van der Waals surface area contributed by atoms with Crippen LogP contribution in [-0.4, -0.2) is 33.0 Å². The molecule has 32 heavy (non-hydrogen) atoms. The van der Waals surface area contributed by atoms with Gasteiger partial charge in [-0.05, 0) is 48.6 Å². The molecule has 0 radical (unpaired) electrons. The molecule has 3 heterocycles. The molecule has 9 heteroatoms. The number of nitrogens with zero attached hydrogens (tertiary/aromatic N) is 2. The number of aryl methyl sites for hydroxylation is 1. The predicted octanol–water partition coefficient (Wildman–Crippen LogP) is 4.24. The van der Waals surface area contributed by atoms with E-state index in [-0.39, 0.29) is 16.9 Å². The summed E-state index contributed by atoms with van der Waals surface area (Å²) in [6, 6.07) is 8.52. The Hall–Kier alpha value is -3.46. The summed E-state index contributed by atoms with van der Waals surface area (Å²) in [6.45, 7) is 3.47. The molecule has 0 spiro atoms. The number of nitrogens with one attached hydrogen (secondary N) is 1. The Bertz CT molecular complexity index is 1120. The van der Waals surface area contributed by atoms with Crippen LogP contribution in [0.4, 0.5) is 0 Å². The number of rotatable bonds is 7. The zero-order valence-electron chi connectivity index (χ0n) is 17.6. The number of fused-ring (bicyclic) bond motifs is 1. The number of pyridine rings is 1. The molecule has 1 aliphatic rings. The van der Waals surface area contributed by atoms with Crippen LogP contribution in [0.25, 0.3) is 0 Å². The quantitative estimate of drug-likeness (QED) is 0.551. The number of ether oxygens (including phenoxy) is 2. The van der Waals surface area contributed by atoms with Crippen LogP contribution in [0.1, 0.15) is 47.2 Å². The van der Waals surface area contributed by atoms with Gasteiger partial charge >= 0.3 is 5.97 Å².